The lowest BCUT2D eigenvalue weighted by atomic mass is 9.91. The summed E-state index contributed by atoms with van der Waals surface area (Å²) in [6.45, 7) is 2.37. The maximum atomic E-state index is 5.87. The first-order valence-electron chi connectivity index (χ1n) is 5.97. The number of rotatable bonds is 3. The fourth-order valence-corrected chi connectivity index (χ4v) is 3.81. The van der Waals surface area contributed by atoms with Gasteiger partial charge in [-0.05, 0) is 30.9 Å². The molecular weight excluding hydrogens is 238 g/mol. The van der Waals surface area contributed by atoms with Gasteiger partial charge in [-0.1, -0.05) is 37.4 Å². The molecule has 1 aromatic heterocycles. The van der Waals surface area contributed by atoms with E-state index in [1.54, 1.807) is 0 Å². The Morgan fingerprint density at radius 3 is 3.06 bits per heavy atom. The van der Waals surface area contributed by atoms with Gasteiger partial charge in [0, 0.05) is 11.0 Å². The highest BCUT2D eigenvalue weighted by atomic mass is 35.5. The summed E-state index contributed by atoms with van der Waals surface area (Å²) in [5.74, 6) is 1.90. The quantitative estimate of drug-likeness (QED) is 0.735. The number of hydrogen-bond donors (Lipinski definition) is 0. The lowest BCUT2D eigenvalue weighted by Crippen LogP contribution is -2.15. The van der Waals surface area contributed by atoms with E-state index in [-0.39, 0.29) is 0 Å². The molecule has 0 saturated heterocycles. The van der Waals surface area contributed by atoms with Gasteiger partial charge in [-0.3, -0.25) is 0 Å². The fraction of sp³-hybridized carbons (Fsp3) is 0.615. The number of thioether (sulfide) groups is 1. The van der Waals surface area contributed by atoms with Crippen LogP contribution in [0.15, 0.2) is 18.2 Å². The second-order valence-corrected chi connectivity index (χ2v) is 6.33. The van der Waals surface area contributed by atoms with Gasteiger partial charge >= 0.3 is 0 Å². The minimum Gasteiger partial charge on any atom is -0.240 e. The molecule has 1 aromatic rings. The molecule has 1 heterocycles. The SMILES string of the molecule is CC1CCCC(SCc2cccc(Cl)n2)C1. The summed E-state index contributed by atoms with van der Waals surface area (Å²) in [5, 5.41) is 1.43. The lowest BCUT2D eigenvalue weighted by Gasteiger charge is -2.26. The number of pyridine rings is 1. The van der Waals surface area contributed by atoms with Gasteiger partial charge in [0.15, 0.2) is 0 Å². The van der Waals surface area contributed by atoms with Gasteiger partial charge in [-0.25, -0.2) is 4.98 Å². The van der Waals surface area contributed by atoms with E-state index >= 15 is 0 Å². The molecule has 0 spiro atoms. The van der Waals surface area contributed by atoms with Crippen molar-refractivity contribution in [1.29, 1.82) is 0 Å². The van der Waals surface area contributed by atoms with Crippen LogP contribution in [0.2, 0.25) is 5.15 Å². The molecule has 0 aliphatic heterocycles. The summed E-state index contributed by atoms with van der Waals surface area (Å²) in [7, 11) is 0. The Labute approximate surface area is 107 Å². The molecule has 16 heavy (non-hydrogen) atoms. The normalized spacial score (nSPS) is 25.6. The number of aromatic nitrogens is 1. The Kier molecular flexibility index (Phi) is 4.54. The van der Waals surface area contributed by atoms with E-state index in [4.69, 9.17) is 11.6 Å². The molecule has 0 radical (unpaired) electrons. The predicted octanol–water partition coefficient (Wildman–Crippen LogP) is 4.55. The maximum absolute atomic E-state index is 5.87. The maximum Gasteiger partial charge on any atom is 0.129 e. The Bertz CT molecular complexity index is 342. The Morgan fingerprint density at radius 1 is 1.44 bits per heavy atom. The van der Waals surface area contributed by atoms with E-state index in [1.165, 1.54) is 25.7 Å². The minimum atomic E-state index is 0.607. The zero-order valence-electron chi connectivity index (χ0n) is 9.66. The van der Waals surface area contributed by atoms with Crippen molar-refractivity contribution >= 4 is 23.4 Å². The molecular formula is C13H18ClNS. The Morgan fingerprint density at radius 2 is 2.31 bits per heavy atom. The van der Waals surface area contributed by atoms with E-state index in [0.29, 0.717) is 5.15 Å². The van der Waals surface area contributed by atoms with E-state index in [9.17, 15) is 0 Å². The van der Waals surface area contributed by atoms with Crippen LogP contribution in [0, 0.1) is 5.92 Å². The van der Waals surface area contributed by atoms with E-state index in [0.717, 1.165) is 22.6 Å². The van der Waals surface area contributed by atoms with Gasteiger partial charge in [0.25, 0.3) is 0 Å². The molecule has 2 rings (SSSR count). The average Bonchev–Trinajstić information content (AvgIpc) is 2.27. The average molecular weight is 256 g/mol. The van der Waals surface area contributed by atoms with Crippen molar-refractivity contribution < 1.29 is 0 Å². The van der Waals surface area contributed by atoms with Gasteiger partial charge in [0.2, 0.25) is 0 Å². The van der Waals surface area contributed by atoms with Crippen LogP contribution < -0.4 is 0 Å². The predicted molar refractivity (Wildman–Crippen MR) is 72.0 cm³/mol. The number of hydrogen-bond acceptors (Lipinski definition) is 2. The van der Waals surface area contributed by atoms with Crippen molar-refractivity contribution in [2.75, 3.05) is 0 Å². The van der Waals surface area contributed by atoms with E-state index < -0.39 is 0 Å². The molecule has 1 aliphatic rings. The lowest BCUT2D eigenvalue weighted by molar-refractivity contribution is 0.394. The molecule has 0 aromatic carbocycles. The van der Waals surface area contributed by atoms with Gasteiger partial charge in [-0.15, -0.1) is 0 Å². The largest absolute Gasteiger partial charge is 0.240 e. The van der Waals surface area contributed by atoms with Crippen LogP contribution >= 0.6 is 23.4 Å². The summed E-state index contributed by atoms with van der Waals surface area (Å²) in [5.41, 5.74) is 1.11. The third-order valence-corrected chi connectivity index (χ3v) is 4.70. The molecule has 1 fully saturated rings. The van der Waals surface area contributed by atoms with Crippen molar-refractivity contribution in [3.8, 4) is 0 Å². The summed E-state index contributed by atoms with van der Waals surface area (Å²) >= 11 is 7.91. The summed E-state index contributed by atoms with van der Waals surface area (Å²) in [6.07, 6.45) is 5.54. The highest BCUT2D eigenvalue weighted by Gasteiger charge is 2.19. The third kappa shape index (κ3) is 3.67. The molecule has 0 bridgehead atoms. The first kappa shape index (κ1) is 12.3. The third-order valence-electron chi connectivity index (χ3n) is 3.13. The summed E-state index contributed by atoms with van der Waals surface area (Å²) < 4.78 is 0. The van der Waals surface area contributed by atoms with Crippen molar-refractivity contribution in [3.63, 3.8) is 0 Å². The molecule has 88 valence electrons. The zero-order chi connectivity index (χ0) is 11.4. The second kappa shape index (κ2) is 5.92. The molecule has 0 amide bonds. The summed E-state index contributed by atoms with van der Waals surface area (Å²) in [4.78, 5) is 4.32. The van der Waals surface area contributed by atoms with Crippen molar-refractivity contribution in [2.24, 2.45) is 5.92 Å². The molecule has 2 atom stereocenters. The standard InChI is InChI=1S/C13H18ClNS/c1-10-4-2-6-12(8-10)16-9-11-5-3-7-13(14)15-11/h3,5,7,10,12H,2,4,6,8-9H2,1H3. The van der Waals surface area contributed by atoms with Gasteiger partial charge < -0.3 is 0 Å². The Balaban J connectivity index is 1.82. The highest BCUT2D eigenvalue weighted by Crippen LogP contribution is 2.33. The zero-order valence-corrected chi connectivity index (χ0v) is 11.2. The minimum absolute atomic E-state index is 0.607. The van der Waals surface area contributed by atoms with Crippen molar-refractivity contribution in [1.82, 2.24) is 4.98 Å². The van der Waals surface area contributed by atoms with Crippen LogP contribution in [0.5, 0.6) is 0 Å². The summed E-state index contributed by atoms with van der Waals surface area (Å²) in [6, 6.07) is 5.87. The van der Waals surface area contributed by atoms with Crippen LogP contribution in [0.4, 0.5) is 0 Å². The van der Waals surface area contributed by atoms with Gasteiger partial charge in [-0.2, -0.15) is 11.8 Å². The number of halogens is 1. The van der Waals surface area contributed by atoms with Gasteiger partial charge in [0.1, 0.15) is 5.15 Å². The number of nitrogens with zero attached hydrogens (tertiary/aromatic N) is 1. The van der Waals surface area contributed by atoms with Crippen LogP contribution in [-0.4, -0.2) is 10.2 Å². The van der Waals surface area contributed by atoms with Crippen LogP contribution in [0.1, 0.15) is 38.3 Å². The van der Waals surface area contributed by atoms with Gasteiger partial charge in [0.05, 0.1) is 5.69 Å². The first-order valence-corrected chi connectivity index (χ1v) is 7.40. The topological polar surface area (TPSA) is 12.9 Å². The molecule has 1 nitrogen and oxygen atoms in total. The van der Waals surface area contributed by atoms with Crippen LogP contribution in [0.3, 0.4) is 0 Å². The first-order chi connectivity index (χ1) is 7.74. The Hall–Kier alpha value is -0.210. The monoisotopic (exact) mass is 255 g/mol. The molecule has 0 N–H and O–H groups in total. The molecule has 2 unspecified atom stereocenters. The second-order valence-electron chi connectivity index (χ2n) is 4.66. The van der Waals surface area contributed by atoms with Crippen molar-refractivity contribution in [2.45, 2.75) is 43.6 Å². The van der Waals surface area contributed by atoms with Crippen LogP contribution in [-0.2, 0) is 5.75 Å². The smallest absolute Gasteiger partial charge is 0.129 e. The molecule has 1 saturated carbocycles. The van der Waals surface area contributed by atoms with Crippen LogP contribution in [0.25, 0.3) is 0 Å². The van der Waals surface area contributed by atoms with E-state index in [2.05, 4.69) is 18.0 Å². The highest BCUT2D eigenvalue weighted by molar-refractivity contribution is 7.99. The van der Waals surface area contributed by atoms with Crippen molar-refractivity contribution in [3.05, 3.63) is 29.0 Å². The fourth-order valence-electron chi connectivity index (χ4n) is 2.26. The molecule has 3 heteroatoms. The van der Waals surface area contributed by atoms with E-state index in [1.807, 2.05) is 23.9 Å². The molecule has 1 aliphatic carbocycles.